The average molecular weight is 525 g/mol. The highest BCUT2D eigenvalue weighted by Gasteiger charge is 2.28. The number of nitrogens with one attached hydrogen (secondary N) is 4. The smallest absolute Gasteiger partial charge is 0.319 e. The summed E-state index contributed by atoms with van der Waals surface area (Å²) in [6.07, 6.45) is 5.98. The van der Waals surface area contributed by atoms with Crippen LogP contribution in [-0.4, -0.2) is 25.2 Å². The predicted octanol–water partition coefficient (Wildman–Crippen LogP) is 8.30. The van der Waals surface area contributed by atoms with E-state index in [1.165, 1.54) is 0 Å². The van der Waals surface area contributed by atoms with E-state index < -0.39 is 0 Å². The molecular weight excluding hydrogens is 484 g/mol. The van der Waals surface area contributed by atoms with Gasteiger partial charge in [-0.15, -0.1) is 0 Å². The van der Waals surface area contributed by atoms with Gasteiger partial charge in [0.15, 0.2) is 0 Å². The van der Waals surface area contributed by atoms with Crippen LogP contribution < -0.4 is 21.3 Å². The number of amides is 4. The molecular formula is C33H40N4O2. The van der Waals surface area contributed by atoms with Crippen LogP contribution in [0.25, 0.3) is 21.5 Å². The fourth-order valence-electron chi connectivity index (χ4n) is 5.27. The van der Waals surface area contributed by atoms with Gasteiger partial charge in [-0.3, -0.25) is 0 Å². The van der Waals surface area contributed by atoms with Gasteiger partial charge in [-0.2, -0.15) is 0 Å². The molecule has 0 heterocycles. The third-order valence-corrected chi connectivity index (χ3v) is 7.68. The van der Waals surface area contributed by atoms with Crippen LogP contribution in [0.3, 0.4) is 0 Å². The fourth-order valence-corrected chi connectivity index (χ4v) is 5.27. The minimum Gasteiger partial charge on any atom is -0.338 e. The summed E-state index contributed by atoms with van der Waals surface area (Å²) in [5, 5.41) is 16.4. The Labute approximate surface area is 231 Å². The van der Waals surface area contributed by atoms with Crippen molar-refractivity contribution in [2.45, 2.75) is 52.4 Å². The third-order valence-electron chi connectivity index (χ3n) is 7.68. The Morgan fingerprint density at radius 3 is 1.72 bits per heavy atom. The molecule has 6 heteroatoms. The fraction of sp³-hybridized carbons (Fsp3) is 0.333. The number of anilines is 2. The zero-order chi connectivity index (χ0) is 27.5. The Morgan fingerprint density at radius 2 is 1.15 bits per heavy atom. The van der Waals surface area contributed by atoms with Crippen molar-refractivity contribution in [2.24, 2.45) is 5.41 Å². The van der Waals surface area contributed by atoms with Gasteiger partial charge in [-0.25, -0.2) is 9.59 Å². The van der Waals surface area contributed by atoms with Crippen molar-refractivity contribution in [1.29, 1.82) is 0 Å². The normalized spacial score (nSPS) is 12.6. The summed E-state index contributed by atoms with van der Waals surface area (Å²) in [6, 6.07) is 27.5. The SMILES string of the molecule is CCCC[C@@](CC)(CCCNC(=O)Nc1cccc2ccccc12)CNC(=O)Nc1cccc2ccccc12. The highest BCUT2D eigenvalue weighted by molar-refractivity contribution is 6.02. The van der Waals surface area contributed by atoms with Gasteiger partial charge in [0, 0.05) is 23.9 Å². The molecule has 1 atom stereocenters. The first-order chi connectivity index (χ1) is 19.0. The molecule has 204 valence electrons. The van der Waals surface area contributed by atoms with Crippen LogP contribution >= 0.6 is 0 Å². The Morgan fingerprint density at radius 1 is 0.641 bits per heavy atom. The van der Waals surface area contributed by atoms with Crippen molar-refractivity contribution < 1.29 is 9.59 Å². The van der Waals surface area contributed by atoms with E-state index in [2.05, 4.69) is 35.1 Å². The lowest BCUT2D eigenvalue weighted by atomic mass is 9.76. The summed E-state index contributed by atoms with van der Waals surface area (Å²) < 4.78 is 0. The van der Waals surface area contributed by atoms with Crippen molar-refractivity contribution in [2.75, 3.05) is 23.7 Å². The third kappa shape index (κ3) is 7.50. The highest BCUT2D eigenvalue weighted by atomic mass is 16.2. The van der Waals surface area contributed by atoms with Crippen LogP contribution in [0.1, 0.15) is 52.4 Å². The van der Waals surface area contributed by atoms with Crippen LogP contribution in [-0.2, 0) is 0 Å². The summed E-state index contributed by atoms with van der Waals surface area (Å²) in [6.45, 7) is 5.57. The van der Waals surface area contributed by atoms with Crippen LogP contribution in [0.2, 0.25) is 0 Å². The lowest BCUT2D eigenvalue weighted by molar-refractivity contribution is 0.202. The lowest BCUT2D eigenvalue weighted by Crippen LogP contribution is -2.40. The van der Waals surface area contributed by atoms with E-state index in [0.717, 1.165) is 71.4 Å². The van der Waals surface area contributed by atoms with Crippen molar-refractivity contribution in [1.82, 2.24) is 10.6 Å². The Hall–Kier alpha value is -4.06. The molecule has 0 bridgehead atoms. The first kappa shape index (κ1) is 28.0. The van der Waals surface area contributed by atoms with Crippen molar-refractivity contribution in [3.05, 3.63) is 84.9 Å². The predicted molar refractivity (Wildman–Crippen MR) is 163 cm³/mol. The molecule has 6 nitrogen and oxygen atoms in total. The molecule has 4 rings (SSSR count). The minimum absolute atomic E-state index is 0.0140. The van der Waals surface area contributed by atoms with E-state index in [1.54, 1.807) is 0 Å². The number of urea groups is 2. The number of carbonyl (C=O) groups is 2. The van der Waals surface area contributed by atoms with Gasteiger partial charge in [0.2, 0.25) is 0 Å². The molecule has 4 aromatic carbocycles. The first-order valence-corrected chi connectivity index (χ1v) is 14.1. The maximum absolute atomic E-state index is 12.9. The molecule has 0 spiro atoms. The second-order valence-corrected chi connectivity index (χ2v) is 10.3. The molecule has 0 radical (unpaired) electrons. The van der Waals surface area contributed by atoms with Gasteiger partial charge in [0.25, 0.3) is 0 Å². The molecule has 0 saturated carbocycles. The zero-order valence-electron chi connectivity index (χ0n) is 23.1. The quantitative estimate of drug-likeness (QED) is 0.141. The van der Waals surface area contributed by atoms with Gasteiger partial charge in [-0.1, -0.05) is 99.5 Å². The molecule has 0 saturated heterocycles. The number of fused-ring (bicyclic) bond motifs is 2. The van der Waals surface area contributed by atoms with Gasteiger partial charge in [-0.05, 0) is 54.0 Å². The Bertz CT molecular complexity index is 1390. The van der Waals surface area contributed by atoms with Crippen LogP contribution in [0.15, 0.2) is 84.9 Å². The summed E-state index contributed by atoms with van der Waals surface area (Å²) >= 11 is 0. The van der Waals surface area contributed by atoms with Crippen LogP contribution in [0.4, 0.5) is 21.0 Å². The first-order valence-electron chi connectivity index (χ1n) is 14.1. The van der Waals surface area contributed by atoms with E-state index in [0.29, 0.717) is 13.1 Å². The molecule has 4 N–H and O–H groups in total. The summed E-state index contributed by atoms with van der Waals surface area (Å²) in [4.78, 5) is 25.5. The Balaban J connectivity index is 1.30. The number of hydrogen-bond acceptors (Lipinski definition) is 2. The van der Waals surface area contributed by atoms with Crippen LogP contribution in [0.5, 0.6) is 0 Å². The van der Waals surface area contributed by atoms with E-state index in [1.807, 2.05) is 84.9 Å². The second kappa shape index (κ2) is 13.7. The number of rotatable bonds is 12. The lowest BCUT2D eigenvalue weighted by Gasteiger charge is -2.33. The van der Waals surface area contributed by atoms with E-state index >= 15 is 0 Å². The molecule has 0 aliphatic rings. The van der Waals surface area contributed by atoms with Crippen molar-refractivity contribution in [3.8, 4) is 0 Å². The maximum Gasteiger partial charge on any atom is 0.319 e. The van der Waals surface area contributed by atoms with E-state index in [9.17, 15) is 9.59 Å². The van der Waals surface area contributed by atoms with E-state index in [4.69, 9.17) is 0 Å². The minimum atomic E-state index is -0.199. The molecule has 0 aliphatic heterocycles. The highest BCUT2D eigenvalue weighted by Crippen LogP contribution is 2.33. The molecule has 39 heavy (non-hydrogen) atoms. The molecule has 4 amide bonds. The van der Waals surface area contributed by atoms with Gasteiger partial charge < -0.3 is 21.3 Å². The monoisotopic (exact) mass is 524 g/mol. The summed E-state index contributed by atoms with van der Waals surface area (Å²) in [5.41, 5.74) is 1.60. The molecule has 0 aliphatic carbocycles. The zero-order valence-corrected chi connectivity index (χ0v) is 23.1. The van der Waals surface area contributed by atoms with E-state index in [-0.39, 0.29) is 17.5 Å². The standard InChI is InChI=1S/C33H40N4O2/c1-3-5-21-33(4-2,24-35-32(39)37-30-20-11-16-26-14-7-9-18-28(26)30)22-12-23-34-31(38)36-29-19-10-15-25-13-6-8-17-27(25)29/h6-11,13-20H,3-5,12,21-24H2,1-2H3,(H2,34,36,38)(H2,35,37,39)/t33-/m0/s1. The molecule has 4 aromatic rings. The Kier molecular flexibility index (Phi) is 9.79. The van der Waals surface area contributed by atoms with Gasteiger partial charge in [0.1, 0.15) is 0 Å². The molecule has 0 fully saturated rings. The number of benzene rings is 4. The van der Waals surface area contributed by atoms with Crippen LogP contribution in [0, 0.1) is 5.41 Å². The summed E-state index contributed by atoms with van der Waals surface area (Å²) in [5.74, 6) is 0. The average Bonchev–Trinajstić information content (AvgIpc) is 2.97. The van der Waals surface area contributed by atoms with Gasteiger partial charge >= 0.3 is 12.1 Å². The molecule has 0 aromatic heterocycles. The van der Waals surface area contributed by atoms with Crippen molar-refractivity contribution in [3.63, 3.8) is 0 Å². The molecule has 0 unspecified atom stereocenters. The number of hydrogen-bond donors (Lipinski definition) is 4. The summed E-state index contributed by atoms with van der Waals surface area (Å²) in [7, 11) is 0. The largest absolute Gasteiger partial charge is 0.338 e. The maximum atomic E-state index is 12.9. The van der Waals surface area contributed by atoms with Crippen molar-refractivity contribution >= 4 is 45.0 Å². The van der Waals surface area contributed by atoms with Gasteiger partial charge in [0.05, 0.1) is 11.4 Å². The number of unbranched alkanes of at least 4 members (excludes halogenated alkanes) is 1. The topological polar surface area (TPSA) is 82.3 Å². The number of carbonyl (C=O) groups excluding carboxylic acids is 2. The second-order valence-electron chi connectivity index (χ2n) is 10.3.